The first-order valence-electron chi connectivity index (χ1n) is 13.9. The summed E-state index contributed by atoms with van der Waals surface area (Å²) in [5.41, 5.74) is -0.535. The van der Waals surface area contributed by atoms with Gasteiger partial charge in [0.2, 0.25) is 5.91 Å². The van der Waals surface area contributed by atoms with E-state index in [1.54, 1.807) is 7.05 Å². The molecule has 0 aromatic heterocycles. The molecule has 3 amide bonds. The molecule has 1 saturated heterocycles. The number of nitrogens with zero attached hydrogens (tertiary/aromatic N) is 3. The molecule has 0 bridgehead atoms. The molecule has 3 atom stereocenters. The molecular weight excluding hydrogens is 538 g/mol. The van der Waals surface area contributed by atoms with Crippen LogP contribution in [-0.2, 0) is 32.1 Å². The van der Waals surface area contributed by atoms with Crippen molar-refractivity contribution in [2.45, 2.75) is 58.5 Å². The normalized spacial score (nSPS) is 21.6. The highest BCUT2D eigenvalue weighted by atomic mass is 16.5. The number of ether oxygens (including phenoxy) is 1. The lowest BCUT2D eigenvalue weighted by atomic mass is 9.64. The maximum absolute atomic E-state index is 13.9. The number of carbonyl (C=O) groups excluding carboxylic acids is 3. The maximum atomic E-state index is 13.9. The molecule has 0 aliphatic carbocycles. The van der Waals surface area contributed by atoms with Gasteiger partial charge in [-0.05, 0) is 31.4 Å². The van der Waals surface area contributed by atoms with Gasteiger partial charge in [-0.15, -0.1) is 0 Å². The van der Waals surface area contributed by atoms with E-state index in [4.69, 9.17) is 9.84 Å². The van der Waals surface area contributed by atoms with Gasteiger partial charge in [0.15, 0.2) is 0 Å². The third-order valence-corrected chi connectivity index (χ3v) is 7.83. The zero-order valence-electron chi connectivity index (χ0n) is 24.7. The molecule has 4 rings (SSSR count). The van der Waals surface area contributed by atoms with Crippen LogP contribution >= 0.6 is 0 Å². The van der Waals surface area contributed by atoms with Crippen molar-refractivity contribution in [1.82, 2.24) is 20.5 Å². The number of carboxylic acid groups (broad SMARTS) is 1. The Morgan fingerprint density at radius 2 is 1.67 bits per heavy atom. The summed E-state index contributed by atoms with van der Waals surface area (Å²) in [6, 6.07) is 18.0. The first-order valence-corrected chi connectivity index (χ1v) is 13.9. The lowest BCUT2D eigenvalue weighted by molar-refractivity contribution is -0.148. The highest BCUT2D eigenvalue weighted by Gasteiger charge is 2.59. The van der Waals surface area contributed by atoms with Gasteiger partial charge in [-0.1, -0.05) is 74.5 Å². The fourth-order valence-electron chi connectivity index (χ4n) is 5.97. The summed E-state index contributed by atoms with van der Waals surface area (Å²) in [4.78, 5) is 52.9. The van der Waals surface area contributed by atoms with Crippen molar-refractivity contribution in [3.8, 4) is 0 Å². The fraction of sp³-hybridized carbons (Fsp3) is 0.452. The second-order valence-corrected chi connectivity index (χ2v) is 12.2. The first-order chi connectivity index (χ1) is 19.8. The number of nitrogens with one attached hydrogen (secondary N) is 2. The number of hydrogen-bond acceptors (Lipinski definition) is 7. The van der Waals surface area contributed by atoms with E-state index in [9.17, 15) is 24.3 Å². The van der Waals surface area contributed by atoms with E-state index in [0.717, 1.165) is 16.8 Å². The molecular formula is C31H39N5O6. The quantitative estimate of drug-likeness (QED) is 0.349. The molecule has 2 aromatic carbocycles. The second-order valence-electron chi connectivity index (χ2n) is 12.2. The average Bonchev–Trinajstić information content (AvgIpc) is 3.18. The molecule has 224 valence electrons. The Kier molecular flexibility index (Phi) is 8.84. The molecule has 3 N–H and O–H groups in total. The molecule has 2 aliphatic heterocycles. The van der Waals surface area contributed by atoms with Gasteiger partial charge in [0.05, 0.1) is 12.3 Å². The zero-order chi connectivity index (χ0) is 30.7. The van der Waals surface area contributed by atoms with Crippen molar-refractivity contribution in [1.29, 1.82) is 0 Å². The van der Waals surface area contributed by atoms with Gasteiger partial charge in [0, 0.05) is 25.6 Å². The third kappa shape index (κ3) is 6.37. The molecule has 2 aromatic rings. The minimum absolute atomic E-state index is 0.139. The number of benzene rings is 2. The van der Waals surface area contributed by atoms with Gasteiger partial charge in [-0.25, -0.2) is 9.80 Å². The maximum Gasteiger partial charge on any atom is 0.405 e. The third-order valence-electron chi connectivity index (χ3n) is 7.83. The molecule has 0 spiro atoms. The van der Waals surface area contributed by atoms with Gasteiger partial charge in [-0.2, -0.15) is 5.10 Å². The number of rotatable bonds is 11. The molecule has 2 heterocycles. The summed E-state index contributed by atoms with van der Waals surface area (Å²) in [7, 11) is 1.65. The molecule has 0 radical (unpaired) electrons. The Bertz CT molecular complexity index is 1350. The summed E-state index contributed by atoms with van der Waals surface area (Å²) in [5, 5.41) is 20.2. The predicted molar refractivity (Wildman–Crippen MR) is 156 cm³/mol. The van der Waals surface area contributed by atoms with Crippen LogP contribution in [0.3, 0.4) is 0 Å². The number of carbonyl (C=O) groups is 4. The van der Waals surface area contributed by atoms with E-state index in [1.165, 1.54) is 18.9 Å². The van der Waals surface area contributed by atoms with Crippen LogP contribution in [0.1, 0.15) is 38.8 Å². The number of piperidine rings is 1. The summed E-state index contributed by atoms with van der Waals surface area (Å²) in [6.45, 7) is 7.56. The summed E-state index contributed by atoms with van der Waals surface area (Å²) >= 11 is 0. The Morgan fingerprint density at radius 1 is 1.07 bits per heavy atom. The highest BCUT2D eigenvalue weighted by molar-refractivity contribution is 6.15. The molecule has 11 nitrogen and oxygen atoms in total. The van der Waals surface area contributed by atoms with Crippen LogP contribution in [0.4, 0.5) is 4.79 Å². The smallest absolute Gasteiger partial charge is 0.405 e. The molecule has 2 unspecified atom stereocenters. The zero-order valence-corrected chi connectivity index (χ0v) is 24.7. The summed E-state index contributed by atoms with van der Waals surface area (Å²) < 4.78 is 6.39. The molecule has 11 heteroatoms. The van der Waals surface area contributed by atoms with Gasteiger partial charge in [-0.3, -0.25) is 14.5 Å². The van der Waals surface area contributed by atoms with Crippen molar-refractivity contribution in [2.24, 2.45) is 15.9 Å². The lowest BCUT2D eigenvalue weighted by Gasteiger charge is -2.50. The topological polar surface area (TPSA) is 141 Å². The van der Waals surface area contributed by atoms with Crippen LogP contribution in [0.5, 0.6) is 0 Å². The summed E-state index contributed by atoms with van der Waals surface area (Å²) in [6.07, 6.45) is -1.35. The Hall–Kier alpha value is -4.09. The van der Waals surface area contributed by atoms with Crippen LogP contribution < -0.4 is 10.6 Å². The molecule has 1 fully saturated rings. The van der Waals surface area contributed by atoms with E-state index >= 15 is 0 Å². The van der Waals surface area contributed by atoms with Gasteiger partial charge >= 0.3 is 6.09 Å². The van der Waals surface area contributed by atoms with E-state index in [-0.39, 0.29) is 19.1 Å². The molecule has 2 aliphatic rings. The monoisotopic (exact) mass is 577 g/mol. The van der Waals surface area contributed by atoms with Crippen LogP contribution in [0, 0.1) is 10.8 Å². The highest BCUT2D eigenvalue weighted by Crippen LogP contribution is 2.45. The van der Waals surface area contributed by atoms with Crippen molar-refractivity contribution in [3.05, 3.63) is 71.8 Å². The van der Waals surface area contributed by atoms with E-state index < -0.39 is 40.6 Å². The number of hydrazone groups is 1. The second kappa shape index (κ2) is 12.0. The van der Waals surface area contributed by atoms with Gasteiger partial charge in [0.25, 0.3) is 5.91 Å². The van der Waals surface area contributed by atoms with E-state index in [1.807, 2.05) is 79.4 Å². The number of aldehydes is 1. The van der Waals surface area contributed by atoms with E-state index in [2.05, 4.69) is 10.6 Å². The largest absolute Gasteiger partial charge is 0.465 e. The minimum atomic E-state index is -1.52. The number of fused-ring (bicyclic) bond motifs is 1. The molecule has 0 saturated carbocycles. The van der Waals surface area contributed by atoms with Crippen LogP contribution in [0.15, 0.2) is 65.8 Å². The Balaban J connectivity index is 1.73. The fourth-order valence-corrected chi connectivity index (χ4v) is 5.97. The standard InChI is InChI=1S/C31H39N5O6/c1-29(2)19-36(20-31(16-21-12-8-6-9-13-21)25(29)34-35(5)27(31)39)24(42-18-22-14-10-7-11-15-22)23(17-37)32-26(38)30(3,4)33-28(40)41/h6-15,17,23-24,33H,16,18-20H2,1-5H3,(H,32,38)(H,40,41)/t23-,24?,31?/m0/s1. The van der Waals surface area contributed by atoms with Crippen LogP contribution in [0.25, 0.3) is 0 Å². The van der Waals surface area contributed by atoms with Crippen molar-refractivity contribution in [2.75, 3.05) is 20.1 Å². The SMILES string of the molecule is CN1N=C2C(C)(C)CN(C(OCc3ccccc3)[C@H](C=O)NC(=O)C(C)(C)NC(=O)O)CC2(Cc2ccccc2)C1=O. The minimum Gasteiger partial charge on any atom is -0.465 e. The Labute approximate surface area is 245 Å². The van der Waals surface area contributed by atoms with Gasteiger partial charge in [0.1, 0.15) is 29.5 Å². The predicted octanol–water partition coefficient (Wildman–Crippen LogP) is 2.66. The summed E-state index contributed by atoms with van der Waals surface area (Å²) in [5.74, 6) is -0.844. The number of hydrogen-bond donors (Lipinski definition) is 3. The molecule has 42 heavy (non-hydrogen) atoms. The van der Waals surface area contributed by atoms with Gasteiger partial charge < -0.3 is 25.3 Å². The van der Waals surface area contributed by atoms with Crippen molar-refractivity contribution < 1.29 is 29.0 Å². The number of likely N-dealkylation sites (tertiary alicyclic amines) is 1. The van der Waals surface area contributed by atoms with Crippen molar-refractivity contribution in [3.63, 3.8) is 0 Å². The number of amides is 3. The first kappa shape index (κ1) is 30.9. The van der Waals surface area contributed by atoms with E-state index in [0.29, 0.717) is 19.3 Å². The van der Waals surface area contributed by atoms with Crippen LogP contribution in [0.2, 0.25) is 0 Å². The Morgan fingerprint density at radius 3 is 2.24 bits per heavy atom. The lowest BCUT2D eigenvalue weighted by Crippen LogP contribution is -2.67. The van der Waals surface area contributed by atoms with Crippen molar-refractivity contribution >= 4 is 29.9 Å². The van der Waals surface area contributed by atoms with Crippen LogP contribution in [-0.4, -0.2) is 82.9 Å². The average molecular weight is 578 g/mol.